The summed E-state index contributed by atoms with van der Waals surface area (Å²) in [6.07, 6.45) is 3.85. The normalized spacial score (nSPS) is 27.1. The van der Waals surface area contributed by atoms with E-state index in [9.17, 15) is 8.42 Å². The minimum atomic E-state index is -3.75. The van der Waals surface area contributed by atoms with E-state index in [-0.39, 0.29) is 33.4 Å². The molecule has 1 aromatic rings. The molecule has 0 amide bonds. The van der Waals surface area contributed by atoms with Gasteiger partial charge in [0.25, 0.3) is 0 Å². The predicted molar refractivity (Wildman–Crippen MR) is 96.6 cm³/mol. The van der Waals surface area contributed by atoms with Gasteiger partial charge in [-0.1, -0.05) is 34.8 Å². The van der Waals surface area contributed by atoms with Crippen molar-refractivity contribution in [2.45, 2.75) is 48.7 Å². The number of rotatable bonds is 3. The van der Waals surface area contributed by atoms with E-state index in [0.717, 1.165) is 25.7 Å². The second kappa shape index (κ2) is 7.24. The molecule has 2 unspecified atom stereocenters. The van der Waals surface area contributed by atoms with Gasteiger partial charge < -0.3 is 5.32 Å². The molecule has 23 heavy (non-hydrogen) atoms. The highest BCUT2D eigenvalue weighted by atomic mass is 35.5. The van der Waals surface area contributed by atoms with Crippen LogP contribution in [0, 0.1) is 0 Å². The molecule has 2 bridgehead atoms. The number of fused-ring (bicyclic) bond motifs is 2. The SMILES string of the molecule is CN(C1CC2CCC(C1)N2)S(=O)(=O)c1c(Cl)cc(Cl)cc1Cl.Cl. The molecule has 0 saturated carbocycles. The van der Waals surface area contributed by atoms with Gasteiger partial charge in [-0.15, -0.1) is 12.4 Å². The quantitative estimate of drug-likeness (QED) is 0.806. The highest BCUT2D eigenvalue weighted by Gasteiger charge is 2.39. The number of nitrogens with one attached hydrogen (secondary N) is 1. The molecule has 3 rings (SSSR count). The Morgan fingerprint density at radius 1 is 1.09 bits per heavy atom. The summed E-state index contributed by atoms with van der Waals surface area (Å²) in [5.41, 5.74) is 0. The fourth-order valence-corrected chi connectivity index (χ4v) is 6.31. The van der Waals surface area contributed by atoms with E-state index in [1.165, 1.54) is 16.4 Å². The molecule has 1 N–H and O–H groups in total. The van der Waals surface area contributed by atoms with Gasteiger partial charge in [-0.3, -0.25) is 0 Å². The van der Waals surface area contributed by atoms with Crippen molar-refractivity contribution in [3.05, 3.63) is 27.2 Å². The molecule has 2 fully saturated rings. The van der Waals surface area contributed by atoms with E-state index >= 15 is 0 Å². The lowest BCUT2D eigenvalue weighted by Gasteiger charge is -2.35. The molecule has 2 aliphatic rings. The summed E-state index contributed by atoms with van der Waals surface area (Å²) in [4.78, 5) is -0.0615. The third-order valence-electron chi connectivity index (χ3n) is 4.56. The first-order valence-corrected chi connectivity index (χ1v) is 9.75. The maximum atomic E-state index is 12.9. The molecule has 0 aliphatic carbocycles. The fourth-order valence-electron chi connectivity index (χ4n) is 3.44. The Morgan fingerprint density at radius 2 is 1.57 bits per heavy atom. The Balaban J connectivity index is 0.00000192. The van der Waals surface area contributed by atoms with Crippen LogP contribution in [0.15, 0.2) is 17.0 Å². The van der Waals surface area contributed by atoms with Crippen LogP contribution >= 0.6 is 47.2 Å². The Morgan fingerprint density at radius 3 is 2.04 bits per heavy atom. The number of nitrogens with zero attached hydrogens (tertiary/aromatic N) is 1. The average Bonchev–Trinajstić information content (AvgIpc) is 2.75. The number of benzene rings is 1. The number of hydrogen-bond acceptors (Lipinski definition) is 3. The topological polar surface area (TPSA) is 49.4 Å². The van der Waals surface area contributed by atoms with E-state index in [4.69, 9.17) is 34.8 Å². The van der Waals surface area contributed by atoms with Crippen LogP contribution < -0.4 is 5.32 Å². The highest BCUT2D eigenvalue weighted by Crippen LogP contribution is 2.37. The number of halogens is 4. The largest absolute Gasteiger partial charge is 0.311 e. The van der Waals surface area contributed by atoms with Gasteiger partial charge in [-0.25, -0.2) is 8.42 Å². The van der Waals surface area contributed by atoms with Gasteiger partial charge in [-0.05, 0) is 37.8 Å². The summed E-state index contributed by atoms with van der Waals surface area (Å²) in [6, 6.07) is 3.57. The van der Waals surface area contributed by atoms with Gasteiger partial charge in [0.05, 0.1) is 10.0 Å². The van der Waals surface area contributed by atoms with Gasteiger partial charge in [0.1, 0.15) is 4.90 Å². The Hall–Kier alpha value is 0.250. The van der Waals surface area contributed by atoms with E-state index in [1.807, 2.05) is 0 Å². The van der Waals surface area contributed by atoms with E-state index < -0.39 is 10.0 Å². The van der Waals surface area contributed by atoms with Gasteiger partial charge in [-0.2, -0.15) is 4.31 Å². The molecular formula is C14H18Cl4N2O2S. The number of sulfonamides is 1. The molecule has 2 aliphatic heterocycles. The van der Waals surface area contributed by atoms with E-state index in [0.29, 0.717) is 17.1 Å². The van der Waals surface area contributed by atoms with Crippen molar-refractivity contribution in [1.82, 2.24) is 9.62 Å². The first-order valence-electron chi connectivity index (χ1n) is 7.17. The average molecular weight is 420 g/mol. The standard InChI is InChI=1S/C14H17Cl3N2O2S.ClH/c1-19(11-6-9-2-3-10(7-11)18-9)22(20,21)14-12(16)4-8(15)5-13(14)17;/h4-5,9-11,18H,2-3,6-7H2,1H3;1H. The molecule has 0 radical (unpaired) electrons. The summed E-state index contributed by atoms with van der Waals surface area (Å²) in [5, 5.41) is 3.94. The third-order valence-corrected chi connectivity index (χ3v) is 7.61. The number of hydrogen-bond donors (Lipinski definition) is 1. The minimum Gasteiger partial charge on any atom is -0.311 e. The summed E-state index contributed by atoms with van der Waals surface area (Å²) in [6.45, 7) is 0. The monoisotopic (exact) mass is 418 g/mol. The van der Waals surface area contributed by atoms with Gasteiger partial charge in [0.15, 0.2) is 0 Å². The predicted octanol–water partition coefficient (Wildman–Crippen LogP) is 3.97. The zero-order valence-electron chi connectivity index (χ0n) is 12.4. The second-order valence-corrected chi connectivity index (χ2v) is 9.17. The molecule has 2 saturated heterocycles. The van der Waals surface area contributed by atoms with Crippen molar-refractivity contribution in [2.75, 3.05) is 7.05 Å². The van der Waals surface area contributed by atoms with Gasteiger partial charge in [0, 0.05) is 30.2 Å². The highest BCUT2D eigenvalue weighted by molar-refractivity contribution is 7.89. The molecule has 0 spiro atoms. The van der Waals surface area contributed by atoms with E-state index in [1.54, 1.807) is 7.05 Å². The van der Waals surface area contributed by atoms with E-state index in [2.05, 4.69) is 5.32 Å². The second-order valence-electron chi connectivity index (χ2n) is 5.98. The van der Waals surface area contributed by atoms with Crippen molar-refractivity contribution >= 4 is 57.2 Å². The lowest BCUT2D eigenvalue weighted by atomic mass is 10.0. The maximum absolute atomic E-state index is 12.9. The van der Waals surface area contributed by atoms with Crippen molar-refractivity contribution < 1.29 is 8.42 Å². The summed E-state index contributed by atoms with van der Waals surface area (Å²) < 4.78 is 27.2. The van der Waals surface area contributed by atoms with Crippen LogP contribution in [0.2, 0.25) is 15.1 Å². The lowest BCUT2D eigenvalue weighted by molar-refractivity contribution is 0.251. The smallest absolute Gasteiger partial charge is 0.246 e. The molecule has 9 heteroatoms. The zero-order valence-corrected chi connectivity index (χ0v) is 16.3. The Kier molecular flexibility index (Phi) is 6.16. The van der Waals surface area contributed by atoms with Crippen LogP contribution in [0.3, 0.4) is 0 Å². The van der Waals surface area contributed by atoms with Crippen molar-refractivity contribution in [3.63, 3.8) is 0 Å². The zero-order chi connectivity index (χ0) is 16.1. The van der Waals surface area contributed by atoms with Crippen molar-refractivity contribution in [3.8, 4) is 0 Å². The number of piperidine rings is 1. The van der Waals surface area contributed by atoms with Crippen molar-refractivity contribution in [2.24, 2.45) is 0 Å². The van der Waals surface area contributed by atoms with Crippen LogP contribution in [0.5, 0.6) is 0 Å². The first kappa shape index (κ1) is 19.6. The summed E-state index contributed by atoms with van der Waals surface area (Å²) >= 11 is 18.0. The summed E-state index contributed by atoms with van der Waals surface area (Å²) in [7, 11) is -2.15. The molecule has 1 aromatic carbocycles. The van der Waals surface area contributed by atoms with Crippen LogP contribution in [-0.2, 0) is 10.0 Å². The minimum absolute atomic E-state index is 0. The molecule has 130 valence electrons. The van der Waals surface area contributed by atoms with Crippen LogP contribution in [-0.4, -0.2) is 37.9 Å². The fraction of sp³-hybridized carbons (Fsp3) is 0.571. The van der Waals surface area contributed by atoms with Crippen LogP contribution in [0.25, 0.3) is 0 Å². The Labute approximate surface area is 157 Å². The molecule has 2 atom stereocenters. The first-order chi connectivity index (χ1) is 10.3. The molecule has 0 aromatic heterocycles. The van der Waals surface area contributed by atoms with Crippen LogP contribution in [0.1, 0.15) is 25.7 Å². The van der Waals surface area contributed by atoms with Crippen LogP contribution in [0.4, 0.5) is 0 Å². The van der Waals surface area contributed by atoms with Gasteiger partial charge in [0.2, 0.25) is 10.0 Å². The third kappa shape index (κ3) is 3.76. The maximum Gasteiger partial charge on any atom is 0.246 e. The summed E-state index contributed by atoms with van der Waals surface area (Å²) in [5.74, 6) is 0. The molecular weight excluding hydrogens is 402 g/mol. The molecule has 2 heterocycles. The van der Waals surface area contributed by atoms with Gasteiger partial charge >= 0.3 is 0 Å². The lowest BCUT2D eigenvalue weighted by Crippen LogP contribution is -2.48. The Bertz CT molecular complexity index is 663. The van der Waals surface area contributed by atoms with Crippen molar-refractivity contribution in [1.29, 1.82) is 0 Å². The molecule has 4 nitrogen and oxygen atoms in total.